The van der Waals surface area contributed by atoms with Gasteiger partial charge in [0.1, 0.15) is 23.9 Å². The van der Waals surface area contributed by atoms with Crippen molar-refractivity contribution in [1.82, 2.24) is 4.90 Å². The lowest BCUT2D eigenvalue weighted by atomic mass is 9.95. The van der Waals surface area contributed by atoms with Crippen molar-refractivity contribution in [2.75, 3.05) is 33.4 Å². The monoisotopic (exact) mass is 441 g/mol. The molecule has 1 aliphatic carbocycles. The third-order valence-corrected chi connectivity index (χ3v) is 6.76. The van der Waals surface area contributed by atoms with E-state index in [2.05, 4.69) is 41.3 Å². The van der Waals surface area contributed by atoms with Crippen LogP contribution in [0.2, 0.25) is 0 Å². The fourth-order valence-electron chi connectivity index (χ4n) is 4.96. The average molecular weight is 442 g/mol. The molecule has 33 heavy (non-hydrogen) atoms. The Labute approximate surface area is 196 Å². The molecule has 5 rings (SSSR count). The minimum Gasteiger partial charge on any atom is -0.508 e. The first-order chi connectivity index (χ1) is 16.2. The first kappa shape index (κ1) is 21.6. The van der Waals surface area contributed by atoms with Crippen molar-refractivity contribution < 1.29 is 14.6 Å². The molecule has 0 saturated carbocycles. The van der Waals surface area contributed by atoms with Gasteiger partial charge in [-0.3, -0.25) is 4.90 Å². The number of fused-ring (bicyclic) bond motifs is 1. The number of ether oxygens (including phenoxy) is 2. The van der Waals surface area contributed by atoms with Gasteiger partial charge in [-0.1, -0.05) is 30.3 Å². The summed E-state index contributed by atoms with van der Waals surface area (Å²) >= 11 is 0. The summed E-state index contributed by atoms with van der Waals surface area (Å²) in [5, 5.41) is 10.0. The summed E-state index contributed by atoms with van der Waals surface area (Å²) in [6.45, 7) is 4.15. The zero-order chi connectivity index (χ0) is 22.6. The zero-order valence-electron chi connectivity index (χ0n) is 19.2. The molecular weight excluding hydrogens is 410 g/mol. The number of aromatic hydroxyl groups is 1. The minimum atomic E-state index is 0.319. The summed E-state index contributed by atoms with van der Waals surface area (Å²) in [6.07, 6.45) is 4.29. The van der Waals surface area contributed by atoms with Crippen LogP contribution in [0.1, 0.15) is 35.1 Å². The van der Waals surface area contributed by atoms with Gasteiger partial charge in [-0.15, -0.1) is 0 Å². The Balaban J connectivity index is 1.34. The molecule has 170 valence electrons. The highest BCUT2D eigenvalue weighted by Gasteiger charge is 2.23. The SMILES string of the molecule is COc1ccc(C2=C(Cc3ccc(OCCN4CCCC4)cc3)c3ccc(O)cc3C2)cc1. The molecule has 0 aromatic heterocycles. The Hall–Kier alpha value is -3.24. The summed E-state index contributed by atoms with van der Waals surface area (Å²) < 4.78 is 11.3. The molecule has 4 heteroatoms. The Kier molecular flexibility index (Phi) is 6.36. The second-order valence-electron chi connectivity index (χ2n) is 8.92. The maximum Gasteiger partial charge on any atom is 0.119 e. The number of phenols is 1. The molecule has 3 aromatic rings. The van der Waals surface area contributed by atoms with E-state index in [1.54, 1.807) is 13.2 Å². The number of allylic oxidation sites excluding steroid dienone is 2. The van der Waals surface area contributed by atoms with Crippen LogP contribution in [0.4, 0.5) is 0 Å². The molecule has 0 unspecified atom stereocenters. The van der Waals surface area contributed by atoms with Crippen molar-refractivity contribution in [3.8, 4) is 17.2 Å². The van der Waals surface area contributed by atoms with Crippen molar-refractivity contribution in [2.45, 2.75) is 25.7 Å². The highest BCUT2D eigenvalue weighted by atomic mass is 16.5. The summed E-state index contributed by atoms with van der Waals surface area (Å²) in [4.78, 5) is 2.47. The van der Waals surface area contributed by atoms with Crippen molar-refractivity contribution in [1.29, 1.82) is 0 Å². The van der Waals surface area contributed by atoms with E-state index < -0.39 is 0 Å². The van der Waals surface area contributed by atoms with Crippen molar-refractivity contribution in [3.63, 3.8) is 0 Å². The number of phenolic OH excluding ortho intramolecular Hbond substituents is 1. The van der Waals surface area contributed by atoms with Crippen LogP contribution in [0.15, 0.2) is 66.7 Å². The summed E-state index contributed by atoms with van der Waals surface area (Å²) in [5.41, 5.74) is 7.48. The molecule has 0 bridgehead atoms. The van der Waals surface area contributed by atoms with Gasteiger partial charge in [0.25, 0.3) is 0 Å². The molecule has 1 saturated heterocycles. The topological polar surface area (TPSA) is 41.9 Å². The van der Waals surface area contributed by atoms with Crippen LogP contribution in [0.5, 0.6) is 17.2 Å². The average Bonchev–Trinajstić information content (AvgIpc) is 3.48. The highest BCUT2D eigenvalue weighted by Crippen LogP contribution is 2.41. The van der Waals surface area contributed by atoms with E-state index in [-0.39, 0.29) is 0 Å². The maximum absolute atomic E-state index is 10.0. The number of hydrogen-bond acceptors (Lipinski definition) is 4. The van der Waals surface area contributed by atoms with Crippen LogP contribution >= 0.6 is 0 Å². The van der Waals surface area contributed by atoms with E-state index in [1.807, 2.05) is 24.3 Å². The molecule has 0 atom stereocenters. The lowest BCUT2D eigenvalue weighted by Crippen LogP contribution is -2.25. The maximum atomic E-state index is 10.0. The molecule has 3 aromatic carbocycles. The Morgan fingerprint density at radius 1 is 0.879 bits per heavy atom. The van der Waals surface area contributed by atoms with Crippen LogP contribution < -0.4 is 9.47 Å². The molecule has 4 nitrogen and oxygen atoms in total. The summed E-state index contributed by atoms with van der Waals surface area (Å²) in [7, 11) is 1.69. The zero-order valence-corrected chi connectivity index (χ0v) is 19.2. The molecule has 0 spiro atoms. The van der Waals surface area contributed by atoms with Gasteiger partial charge in [-0.2, -0.15) is 0 Å². The number of methoxy groups -OCH3 is 1. The fraction of sp³-hybridized carbons (Fsp3) is 0.310. The van der Waals surface area contributed by atoms with Gasteiger partial charge in [0.2, 0.25) is 0 Å². The molecule has 0 amide bonds. The second kappa shape index (κ2) is 9.72. The van der Waals surface area contributed by atoms with Crippen molar-refractivity contribution in [2.24, 2.45) is 0 Å². The van der Waals surface area contributed by atoms with Crippen LogP contribution in [-0.2, 0) is 12.8 Å². The second-order valence-corrected chi connectivity index (χ2v) is 8.92. The fourth-order valence-corrected chi connectivity index (χ4v) is 4.96. The van der Waals surface area contributed by atoms with Crippen LogP contribution in [0.25, 0.3) is 11.1 Å². The molecule has 1 N–H and O–H groups in total. The van der Waals surface area contributed by atoms with Gasteiger partial charge in [-0.05, 0) is 109 Å². The molecule has 0 radical (unpaired) electrons. The summed E-state index contributed by atoms with van der Waals surface area (Å²) in [6, 6.07) is 22.5. The van der Waals surface area contributed by atoms with E-state index in [0.717, 1.165) is 37.5 Å². The molecule has 1 heterocycles. The number of likely N-dealkylation sites (tertiary alicyclic amines) is 1. The predicted molar refractivity (Wildman–Crippen MR) is 133 cm³/mol. The molecular formula is C29H31NO3. The van der Waals surface area contributed by atoms with Crippen LogP contribution in [0.3, 0.4) is 0 Å². The normalized spacial score (nSPS) is 15.7. The largest absolute Gasteiger partial charge is 0.508 e. The van der Waals surface area contributed by atoms with Crippen molar-refractivity contribution in [3.05, 3.63) is 89.0 Å². The van der Waals surface area contributed by atoms with Gasteiger partial charge in [0.05, 0.1) is 7.11 Å². The van der Waals surface area contributed by atoms with Gasteiger partial charge in [0.15, 0.2) is 0 Å². The Morgan fingerprint density at radius 2 is 1.61 bits per heavy atom. The molecule has 2 aliphatic rings. The Morgan fingerprint density at radius 3 is 2.33 bits per heavy atom. The van der Waals surface area contributed by atoms with Gasteiger partial charge < -0.3 is 14.6 Å². The quantitative estimate of drug-likeness (QED) is 0.495. The third kappa shape index (κ3) is 4.91. The van der Waals surface area contributed by atoms with Crippen LogP contribution in [-0.4, -0.2) is 43.4 Å². The lowest BCUT2D eigenvalue weighted by Gasteiger charge is -2.15. The number of nitrogens with zero attached hydrogens (tertiary/aromatic N) is 1. The number of hydrogen-bond donors (Lipinski definition) is 1. The Bertz CT molecular complexity index is 1130. The first-order valence-corrected chi connectivity index (χ1v) is 11.8. The minimum absolute atomic E-state index is 0.319. The lowest BCUT2D eigenvalue weighted by molar-refractivity contribution is 0.238. The van der Waals surface area contributed by atoms with Crippen LogP contribution in [0, 0.1) is 0 Å². The third-order valence-electron chi connectivity index (χ3n) is 6.76. The molecule has 1 aliphatic heterocycles. The smallest absolute Gasteiger partial charge is 0.119 e. The highest BCUT2D eigenvalue weighted by molar-refractivity contribution is 5.98. The van der Waals surface area contributed by atoms with E-state index in [0.29, 0.717) is 5.75 Å². The van der Waals surface area contributed by atoms with Crippen molar-refractivity contribution >= 4 is 11.1 Å². The van der Waals surface area contributed by atoms with E-state index in [9.17, 15) is 5.11 Å². The number of benzene rings is 3. The molecule has 1 fully saturated rings. The van der Waals surface area contributed by atoms with E-state index >= 15 is 0 Å². The standard InChI is InChI=1S/C29H31NO3/c1-32-25-11-6-22(7-12-25)28-20-23-19-24(31)8-13-27(23)29(28)18-21-4-9-26(10-5-21)33-17-16-30-14-2-3-15-30/h4-13,19,31H,2-3,14-18,20H2,1H3. The van der Waals surface area contributed by atoms with E-state index in [4.69, 9.17) is 9.47 Å². The van der Waals surface area contributed by atoms with Gasteiger partial charge in [-0.25, -0.2) is 0 Å². The van der Waals surface area contributed by atoms with Gasteiger partial charge >= 0.3 is 0 Å². The number of rotatable bonds is 8. The first-order valence-electron chi connectivity index (χ1n) is 11.8. The van der Waals surface area contributed by atoms with Gasteiger partial charge in [0, 0.05) is 6.54 Å². The summed E-state index contributed by atoms with van der Waals surface area (Å²) in [5.74, 6) is 2.10. The van der Waals surface area contributed by atoms with E-state index in [1.165, 1.54) is 59.3 Å². The predicted octanol–water partition coefficient (Wildman–Crippen LogP) is 5.59.